The molecule has 3 aromatic carbocycles. The molecule has 3 heterocycles. The molecule has 0 spiro atoms. The Kier molecular flexibility index (Phi) is 2.49. The van der Waals surface area contributed by atoms with E-state index in [4.69, 9.17) is 4.42 Å². The van der Waals surface area contributed by atoms with Crippen molar-refractivity contribution in [1.29, 1.82) is 0 Å². The Bertz CT molecular complexity index is 1400. The maximum Gasteiger partial charge on any atom is 0.161 e. The van der Waals surface area contributed by atoms with E-state index >= 15 is 0 Å². The van der Waals surface area contributed by atoms with Crippen LogP contribution in [0, 0.1) is 0 Å². The molecule has 0 unspecified atom stereocenters. The number of rotatable bonds is 1. The van der Waals surface area contributed by atoms with E-state index in [1.165, 1.54) is 4.70 Å². The first-order valence-electron chi connectivity index (χ1n) is 8.14. The highest BCUT2D eigenvalue weighted by Gasteiger charge is 2.18. The van der Waals surface area contributed by atoms with Crippen molar-refractivity contribution >= 4 is 54.5 Å². The van der Waals surface area contributed by atoms with Crippen LogP contribution in [0.25, 0.3) is 48.9 Å². The third-order valence-electron chi connectivity index (χ3n) is 4.76. The number of para-hydroxylation sites is 2. The van der Waals surface area contributed by atoms with Gasteiger partial charge in [-0.15, -0.1) is 11.3 Å². The van der Waals surface area contributed by atoms with Gasteiger partial charge in [0.25, 0.3) is 0 Å². The lowest BCUT2D eigenvalue weighted by atomic mass is 10.2. The Balaban J connectivity index is 1.85. The van der Waals surface area contributed by atoms with Gasteiger partial charge in [0.1, 0.15) is 11.1 Å². The van der Waals surface area contributed by atoms with Gasteiger partial charge in [-0.2, -0.15) is 0 Å². The standard InChI is InChI=1S/C21H12N2OS/c1-3-7-17-14(5-1)21-20(15-6-2-4-8-18(15)24-21)23(17)13-9-10-16-19(11-13)25-12-22-16/h1-12H. The van der Waals surface area contributed by atoms with Crippen LogP contribution in [0.15, 0.2) is 76.7 Å². The maximum atomic E-state index is 6.21. The average Bonchev–Trinajstić information content (AvgIpc) is 3.33. The monoisotopic (exact) mass is 340 g/mol. The highest BCUT2D eigenvalue weighted by Crippen LogP contribution is 2.39. The Morgan fingerprint density at radius 3 is 2.68 bits per heavy atom. The van der Waals surface area contributed by atoms with Crippen LogP contribution in [0.2, 0.25) is 0 Å². The average molecular weight is 340 g/mol. The largest absolute Gasteiger partial charge is 0.454 e. The van der Waals surface area contributed by atoms with Crippen LogP contribution in [0.1, 0.15) is 0 Å². The van der Waals surface area contributed by atoms with Crippen molar-refractivity contribution in [3.05, 3.63) is 72.2 Å². The van der Waals surface area contributed by atoms with Gasteiger partial charge in [0.15, 0.2) is 5.58 Å². The fourth-order valence-corrected chi connectivity index (χ4v) is 4.38. The van der Waals surface area contributed by atoms with Crippen LogP contribution in [0.5, 0.6) is 0 Å². The zero-order valence-corrected chi connectivity index (χ0v) is 14.0. The Morgan fingerprint density at radius 2 is 1.72 bits per heavy atom. The van der Waals surface area contributed by atoms with E-state index in [1.54, 1.807) is 11.3 Å². The summed E-state index contributed by atoms with van der Waals surface area (Å²) in [7, 11) is 0. The summed E-state index contributed by atoms with van der Waals surface area (Å²) in [5.41, 5.74) is 8.22. The summed E-state index contributed by atoms with van der Waals surface area (Å²) in [5.74, 6) is 0. The van der Waals surface area contributed by atoms with E-state index in [2.05, 4.69) is 64.1 Å². The first-order chi connectivity index (χ1) is 12.4. The number of fused-ring (bicyclic) bond motifs is 6. The minimum absolute atomic E-state index is 0.922. The zero-order valence-electron chi connectivity index (χ0n) is 13.1. The van der Waals surface area contributed by atoms with Gasteiger partial charge in [0.05, 0.1) is 21.2 Å². The summed E-state index contributed by atoms with van der Waals surface area (Å²) < 4.78 is 9.70. The molecule has 0 saturated heterocycles. The van der Waals surface area contributed by atoms with E-state index in [0.717, 1.165) is 44.2 Å². The normalized spacial score (nSPS) is 12.0. The van der Waals surface area contributed by atoms with Crippen LogP contribution >= 0.6 is 11.3 Å². The van der Waals surface area contributed by atoms with Crippen LogP contribution in [-0.2, 0) is 0 Å². The van der Waals surface area contributed by atoms with Crippen molar-refractivity contribution < 1.29 is 4.42 Å². The highest BCUT2D eigenvalue weighted by atomic mass is 32.1. The van der Waals surface area contributed by atoms with Crippen molar-refractivity contribution in [3.8, 4) is 5.69 Å². The van der Waals surface area contributed by atoms with Gasteiger partial charge in [-0.05, 0) is 42.5 Å². The van der Waals surface area contributed by atoms with Gasteiger partial charge in [-0.3, -0.25) is 0 Å². The van der Waals surface area contributed by atoms with Crippen molar-refractivity contribution in [2.45, 2.75) is 0 Å². The molecule has 0 N–H and O–H groups in total. The van der Waals surface area contributed by atoms with Gasteiger partial charge in [0.2, 0.25) is 0 Å². The van der Waals surface area contributed by atoms with E-state index in [1.807, 2.05) is 17.6 Å². The first kappa shape index (κ1) is 13.2. The lowest BCUT2D eigenvalue weighted by Gasteiger charge is -2.07. The molecule has 0 aliphatic rings. The van der Waals surface area contributed by atoms with Crippen molar-refractivity contribution in [2.75, 3.05) is 0 Å². The number of benzene rings is 3. The molecular formula is C21H12N2OS. The summed E-state index contributed by atoms with van der Waals surface area (Å²) >= 11 is 1.67. The van der Waals surface area contributed by atoms with E-state index < -0.39 is 0 Å². The predicted molar refractivity (Wildman–Crippen MR) is 104 cm³/mol. The SMILES string of the molecule is c1ccc2c(c1)oc1c3ccccc3n(-c3ccc4ncsc4c3)c21. The topological polar surface area (TPSA) is 31.0 Å². The number of nitrogens with zero attached hydrogens (tertiary/aromatic N) is 2. The molecule has 0 bridgehead atoms. The van der Waals surface area contributed by atoms with E-state index in [9.17, 15) is 0 Å². The molecule has 0 radical (unpaired) electrons. The first-order valence-corrected chi connectivity index (χ1v) is 9.02. The van der Waals surface area contributed by atoms with Crippen LogP contribution in [0.3, 0.4) is 0 Å². The molecule has 25 heavy (non-hydrogen) atoms. The smallest absolute Gasteiger partial charge is 0.161 e. The summed E-state index contributed by atoms with van der Waals surface area (Å²) in [6.45, 7) is 0. The number of aromatic nitrogens is 2. The zero-order chi connectivity index (χ0) is 16.4. The Labute approximate surface area is 146 Å². The van der Waals surface area contributed by atoms with Crippen molar-refractivity contribution in [1.82, 2.24) is 9.55 Å². The second kappa shape index (κ2) is 4.71. The molecule has 0 fully saturated rings. The lowest BCUT2D eigenvalue weighted by Crippen LogP contribution is -1.93. The fraction of sp³-hybridized carbons (Fsp3) is 0. The summed E-state index contributed by atoms with van der Waals surface area (Å²) in [4.78, 5) is 4.40. The number of furan rings is 1. The second-order valence-electron chi connectivity index (χ2n) is 6.13. The van der Waals surface area contributed by atoms with Gasteiger partial charge in [-0.25, -0.2) is 4.98 Å². The van der Waals surface area contributed by atoms with Crippen molar-refractivity contribution in [3.63, 3.8) is 0 Å². The molecule has 3 aromatic heterocycles. The van der Waals surface area contributed by atoms with Crippen LogP contribution < -0.4 is 0 Å². The van der Waals surface area contributed by atoms with Gasteiger partial charge < -0.3 is 8.98 Å². The number of hydrogen-bond acceptors (Lipinski definition) is 3. The molecule has 0 amide bonds. The molecule has 118 valence electrons. The van der Waals surface area contributed by atoms with E-state index in [-0.39, 0.29) is 0 Å². The van der Waals surface area contributed by atoms with Gasteiger partial charge in [-0.1, -0.05) is 24.3 Å². The molecule has 4 heteroatoms. The molecule has 3 nitrogen and oxygen atoms in total. The predicted octanol–water partition coefficient (Wildman–Crippen LogP) is 6.14. The molecule has 0 aliphatic heterocycles. The van der Waals surface area contributed by atoms with Crippen molar-refractivity contribution in [2.24, 2.45) is 0 Å². The quantitative estimate of drug-likeness (QED) is 0.360. The summed E-state index contributed by atoms with van der Waals surface area (Å²) in [6, 6.07) is 23.1. The minimum Gasteiger partial charge on any atom is -0.454 e. The Hall–Kier alpha value is -3.11. The summed E-state index contributed by atoms with van der Waals surface area (Å²) in [5, 5.41) is 2.27. The summed E-state index contributed by atoms with van der Waals surface area (Å²) in [6.07, 6.45) is 0. The van der Waals surface area contributed by atoms with Crippen LogP contribution in [-0.4, -0.2) is 9.55 Å². The molecule has 6 aromatic rings. The molecule has 0 atom stereocenters. The Morgan fingerprint density at radius 1 is 0.880 bits per heavy atom. The lowest BCUT2D eigenvalue weighted by molar-refractivity contribution is 0.673. The second-order valence-corrected chi connectivity index (χ2v) is 7.02. The number of hydrogen-bond donors (Lipinski definition) is 0. The molecular weight excluding hydrogens is 328 g/mol. The maximum absolute atomic E-state index is 6.21. The van der Waals surface area contributed by atoms with E-state index in [0.29, 0.717) is 0 Å². The molecule has 0 saturated carbocycles. The fourth-order valence-electron chi connectivity index (χ4n) is 3.67. The third kappa shape index (κ3) is 1.72. The van der Waals surface area contributed by atoms with Gasteiger partial charge in [0, 0.05) is 16.5 Å². The molecule has 6 rings (SSSR count). The number of thiazole rings is 1. The van der Waals surface area contributed by atoms with Gasteiger partial charge >= 0.3 is 0 Å². The minimum atomic E-state index is 0.922. The highest BCUT2D eigenvalue weighted by molar-refractivity contribution is 7.16. The van der Waals surface area contributed by atoms with Crippen LogP contribution in [0.4, 0.5) is 0 Å². The molecule has 0 aliphatic carbocycles. The third-order valence-corrected chi connectivity index (χ3v) is 5.55.